The third-order valence-corrected chi connectivity index (χ3v) is 3.44. The summed E-state index contributed by atoms with van der Waals surface area (Å²) in [5.74, 6) is 5.40. The summed E-state index contributed by atoms with van der Waals surface area (Å²) in [5.41, 5.74) is 4.06. The highest BCUT2D eigenvalue weighted by Crippen LogP contribution is 2.29. The maximum Gasteiger partial charge on any atom is 0.254 e. The number of nitrogens with one attached hydrogen (secondary N) is 1. The van der Waals surface area contributed by atoms with E-state index >= 15 is 0 Å². The summed E-state index contributed by atoms with van der Waals surface area (Å²) in [7, 11) is 0. The van der Waals surface area contributed by atoms with Crippen LogP contribution in [0.5, 0.6) is 0 Å². The van der Waals surface area contributed by atoms with Crippen LogP contribution < -0.4 is 11.3 Å². The molecule has 0 spiro atoms. The number of nitrogen functional groups attached to an aromatic ring is 1. The van der Waals surface area contributed by atoms with E-state index in [4.69, 9.17) is 5.84 Å². The summed E-state index contributed by atoms with van der Waals surface area (Å²) < 4.78 is 0. The molecular formula is C13H19N3O. The number of nitrogens with zero attached hydrogens (tertiary/aromatic N) is 1. The summed E-state index contributed by atoms with van der Waals surface area (Å²) in [6.07, 6.45) is 2.16. The number of rotatable bonds is 2. The largest absolute Gasteiger partial charge is 0.334 e. The fraction of sp³-hybridized carbons (Fsp3) is 0.462. The second-order valence-electron chi connectivity index (χ2n) is 5.09. The monoisotopic (exact) mass is 233 g/mol. The van der Waals surface area contributed by atoms with Crippen molar-refractivity contribution in [3.05, 3.63) is 29.8 Å². The number of benzene rings is 1. The number of amides is 1. The molecule has 0 atom stereocenters. The zero-order valence-electron chi connectivity index (χ0n) is 10.4. The Labute approximate surface area is 102 Å². The first-order valence-electron chi connectivity index (χ1n) is 5.93. The predicted molar refractivity (Wildman–Crippen MR) is 68.6 cm³/mol. The van der Waals surface area contributed by atoms with Gasteiger partial charge < -0.3 is 10.3 Å². The Morgan fingerprint density at radius 3 is 2.47 bits per heavy atom. The number of carbonyl (C=O) groups excluding carboxylic acids is 1. The summed E-state index contributed by atoms with van der Waals surface area (Å²) in [4.78, 5) is 14.3. The molecule has 1 aliphatic rings. The number of likely N-dealkylation sites (tertiary alicyclic amines) is 1. The van der Waals surface area contributed by atoms with Crippen LogP contribution in [0.25, 0.3) is 0 Å². The van der Waals surface area contributed by atoms with E-state index in [1.807, 2.05) is 29.2 Å². The van der Waals surface area contributed by atoms with E-state index in [1.54, 1.807) is 0 Å². The molecule has 0 radical (unpaired) electrons. The van der Waals surface area contributed by atoms with E-state index in [9.17, 15) is 4.79 Å². The van der Waals surface area contributed by atoms with Crippen LogP contribution in [-0.2, 0) is 0 Å². The first kappa shape index (κ1) is 11.9. The van der Waals surface area contributed by atoms with Crippen molar-refractivity contribution in [3.63, 3.8) is 0 Å². The van der Waals surface area contributed by atoms with Gasteiger partial charge in [-0.15, -0.1) is 0 Å². The van der Waals surface area contributed by atoms with Crippen LogP contribution in [0, 0.1) is 0 Å². The summed E-state index contributed by atoms with van der Waals surface area (Å²) in [6.45, 7) is 5.09. The molecule has 0 saturated carbocycles. The average Bonchev–Trinajstić information content (AvgIpc) is 2.68. The molecule has 0 aliphatic carbocycles. The standard InChI is InChI=1S/C13H19N3O/c1-13(2)8-3-9-16(13)12(17)10-4-6-11(15-14)7-5-10/h4-7,15H,3,8-9,14H2,1-2H3. The van der Waals surface area contributed by atoms with Crippen LogP contribution >= 0.6 is 0 Å². The lowest BCUT2D eigenvalue weighted by molar-refractivity contribution is 0.0652. The van der Waals surface area contributed by atoms with Crippen LogP contribution in [0.1, 0.15) is 37.0 Å². The Hall–Kier alpha value is -1.55. The van der Waals surface area contributed by atoms with Crippen molar-refractivity contribution >= 4 is 11.6 Å². The van der Waals surface area contributed by atoms with Crippen molar-refractivity contribution in [2.24, 2.45) is 5.84 Å². The van der Waals surface area contributed by atoms with E-state index in [0.29, 0.717) is 0 Å². The Balaban J connectivity index is 2.19. The van der Waals surface area contributed by atoms with Gasteiger partial charge in [-0.25, -0.2) is 0 Å². The van der Waals surface area contributed by atoms with E-state index in [2.05, 4.69) is 19.3 Å². The highest BCUT2D eigenvalue weighted by molar-refractivity contribution is 5.95. The van der Waals surface area contributed by atoms with Crippen LogP contribution in [-0.4, -0.2) is 22.9 Å². The molecule has 1 aromatic rings. The van der Waals surface area contributed by atoms with Gasteiger partial charge in [-0.3, -0.25) is 10.6 Å². The third-order valence-electron chi connectivity index (χ3n) is 3.44. The molecule has 0 unspecified atom stereocenters. The molecule has 1 aliphatic heterocycles. The number of hydrogen-bond donors (Lipinski definition) is 2. The van der Waals surface area contributed by atoms with Crippen molar-refractivity contribution in [1.29, 1.82) is 0 Å². The molecule has 1 fully saturated rings. The Morgan fingerprint density at radius 2 is 2.00 bits per heavy atom. The molecular weight excluding hydrogens is 214 g/mol. The predicted octanol–water partition coefficient (Wildman–Crippen LogP) is 1.99. The number of nitrogens with two attached hydrogens (primary N) is 1. The maximum atomic E-state index is 12.3. The minimum atomic E-state index is -0.0259. The number of anilines is 1. The normalized spacial score (nSPS) is 18.2. The Morgan fingerprint density at radius 1 is 1.35 bits per heavy atom. The molecule has 1 amide bonds. The van der Waals surface area contributed by atoms with Crippen molar-refractivity contribution < 1.29 is 4.79 Å². The third kappa shape index (κ3) is 2.26. The molecule has 1 heterocycles. The molecule has 0 aromatic heterocycles. The lowest BCUT2D eigenvalue weighted by Gasteiger charge is -2.31. The number of hydrazine groups is 1. The van der Waals surface area contributed by atoms with Gasteiger partial charge in [0.25, 0.3) is 5.91 Å². The lowest BCUT2D eigenvalue weighted by Crippen LogP contribution is -2.42. The smallest absolute Gasteiger partial charge is 0.254 e. The molecule has 4 heteroatoms. The Bertz CT molecular complexity index is 411. The van der Waals surface area contributed by atoms with E-state index in [-0.39, 0.29) is 11.4 Å². The lowest BCUT2D eigenvalue weighted by atomic mass is 10.0. The van der Waals surface area contributed by atoms with Gasteiger partial charge in [-0.2, -0.15) is 0 Å². The minimum Gasteiger partial charge on any atom is -0.334 e. The van der Waals surface area contributed by atoms with Crippen molar-refractivity contribution in [3.8, 4) is 0 Å². The zero-order chi connectivity index (χ0) is 12.5. The van der Waals surface area contributed by atoms with Gasteiger partial charge in [0.1, 0.15) is 0 Å². The van der Waals surface area contributed by atoms with E-state index < -0.39 is 0 Å². The van der Waals surface area contributed by atoms with E-state index in [1.165, 1.54) is 0 Å². The summed E-state index contributed by atoms with van der Waals surface area (Å²) in [6, 6.07) is 7.25. The fourth-order valence-electron chi connectivity index (χ4n) is 2.35. The molecule has 92 valence electrons. The highest BCUT2D eigenvalue weighted by atomic mass is 16.2. The second-order valence-corrected chi connectivity index (χ2v) is 5.09. The topological polar surface area (TPSA) is 58.4 Å². The van der Waals surface area contributed by atoms with Crippen LogP contribution in [0.4, 0.5) is 5.69 Å². The van der Waals surface area contributed by atoms with Crippen molar-refractivity contribution in [1.82, 2.24) is 4.90 Å². The average molecular weight is 233 g/mol. The Kier molecular flexibility index (Phi) is 3.07. The van der Waals surface area contributed by atoms with Gasteiger partial charge in [0.2, 0.25) is 0 Å². The van der Waals surface area contributed by atoms with Gasteiger partial charge in [0.15, 0.2) is 0 Å². The van der Waals surface area contributed by atoms with Gasteiger partial charge in [-0.1, -0.05) is 0 Å². The molecule has 1 aromatic carbocycles. The van der Waals surface area contributed by atoms with Gasteiger partial charge in [0, 0.05) is 23.3 Å². The number of hydrogen-bond acceptors (Lipinski definition) is 3. The number of carbonyl (C=O) groups is 1. The molecule has 4 nitrogen and oxygen atoms in total. The second kappa shape index (κ2) is 4.37. The van der Waals surface area contributed by atoms with Gasteiger partial charge >= 0.3 is 0 Å². The van der Waals surface area contributed by atoms with Crippen LogP contribution in [0.2, 0.25) is 0 Å². The first-order chi connectivity index (χ1) is 8.04. The van der Waals surface area contributed by atoms with Crippen LogP contribution in [0.3, 0.4) is 0 Å². The molecule has 17 heavy (non-hydrogen) atoms. The molecule has 3 N–H and O–H groups in total. The van der Waals surface area contributed by atoms with Gasteiger partial charge in [-0.05, 0) is 51.0 Å². The van der Waals surface area contributed by atoms with Crippen LogP contribution in [0.15, 0.2) is 24.3 Å². The SMILES string of the molecule is CC1(C)CCCN1C(=O)c1ccc(NN)cc1. The molecule has 0 bridgehead atoms. The fourth-order valence-corrected chi connectivity index (χ4v) is 2.35. The van der Waals surface area contributed by atoms with E-state index in [0.717, 1.165) is 30.6 Å². The molecule has 2 rings (SSSR count). The first-order valence-corrected chi connectivity index (χ1v) is 5.93. The van der Waals surface area contributed by atoms with Crippen molar-refractivity contribution in [2.45, 2.75) is 32.2 Å². The summed E-state index contributed by atoms with van der Waals surface area (Å²) in [5, 5.41) is 0. The summed E-state index contributed by atoms with van der Waals surface area (Å²) >= 11 is 0. The van der Waals surface area contributed by atoms with Crippen molar-refractivity contribution in [2.75, 3.05) is 12.0 Å². The zero-order valence-corrected chi connectivity index (χ0v) is 10.4. The minimum absolute atomic E-state index is 0.0259. The molecule has 1 saturated heterocycles. The van der Waals surface area contributed by atoms with Gasteiger partial charge in [0.05, 0.1) is 0 Å². The maximum absolute atomic E-state index is 12.3. The quantitative estimate of drug-likeness (QED) is 0.606. The highest BCUT2D eigenvalue weighted by Gasteiger charge is 2.35.